The van der Waals surface area contributed by atoms with Crippen molar-refractivity contribution in [2.24, 2.45) is 0 Å². The Hall–Kier alpha value is -0.680. The minimum absolute atomic E-state index is 0.951. The van der Waals surface area contributed by atoms with E-state index in [0.29, 0.717) is 0 Å². The van der Waals surface area contributed by atoms with Gasteiger partial charge in [0.2, 0.25) is 0 Å². The quantitative estimate of drug-likeness (QED) is 0.791. The van der Waals surface area contributed by atoms with Crippen LogP contribution < -0.4 is 5.32 Å². The molecule has 1 aliphatic rings. The summed E-state index contributed by atoms with van der Waals surface area (Å²) in [6.45, 7) is 3.37. The third kappa shape index (κ3) is 1.97. The van der Waals surface area contributed by atoms with Crippen LogP contribution in [0.5, 0.6) is 0 Å². The third-order valence-corrected chi connectivity index (χ3v) is 3.14. The fourth-order valence-corrected chi connectivity index (χ4v) is 2.18. The van der Waals surface area contributed by atoms with Crippen LogP contribution in [0.4, 0.5) is 5.00 Å². The summed E-state index contributed by atoms with van der Waals surface area (Å²) in [5, 5.41) is 8.33. The van der Waals surface area contributed by atoms with Crippen LogP contribution in [0.2, 0.25) is 0 Å². The highest BCUT2D eigenvalue weighted by molar-refractivity contribution is 7.10. The lowest BCUT2D eigenvalue weighted by Crippen LogP contribution is -2.19. The molecule has 0 unspecified atom stereocenters. The van der Waals surface area contributed by atoms with Crippen LogP contribution in [-0.2, 0) is 6.54 Å². The lowest BCUT2D eigenvalue weighted by atomic mass is 10.4. The molecule has 5 heteroatoms. The number of aromatic nitrogens is 2. The van der Waals surface area contributed by atoms with E-state index in [1.165, 1.54) is 37.5 Å². The molecule has 1 aromatic rings. The minimum Gasteiger partial charge on any atom is -0.377 e. The fourth-order valence-electron chi connectivity index (χ4n) is 1.65. The molecule has 72 valence electrons. The monoisotopic (exact) mass is 198 g/mol. The summed E-state index contributed by atoms with van der Waals surface area (Å²) in [6.07, 6.45) is 2.65. The fraction of sp³-hybridized carbons (Fsp3) is 0.750. The van der Waals surface area contributed by atoms with Gasteiger partial charge in [0.25, 0.3) is 0 Å². The van der Waals surface area contributed by atoms with Crippen LogP contribution in [0.3, 0.4) is 0 Å². The average molecular weight is 198 g/mol. The summed E-state index contributed by atoms with van der Waals surface area (Å²) in [5.41, 5.74) is 1.09. The molecule has 0 bridgehead atoms. The maximum Gasteiger partial charge on any atom is 0.134 e. The van der Waals surface area contributed by atoms with Gasteiger partial charge >= 0.3 is 0 Å². The zero-order valence-corrected chi connectivity index (χ0v) is 8.60. The molecular formula is C8H14N4S. The van der Waals surface area contributed by atoms with Crippen molar-refractivity contribution in [1.82, 2.24) is 14.5 Å². The Labute approximate surface area is 82.1 Å². The largest absolute Gasteiger partial charge is 0.377 e. The van der Waals surface area contributed by atoms with Gasteiger partial charge in [0, 0.05) is 25.1 Å². The van der Waals surface area contributed by atoms with Gasteiger partial charge in [-0.3, -0.25) is 4.90 Å². The first-order chi connectivity index (χ1) is 6.40. The Kier molecular flexibility index (Phi) is 2.75. The van der Waals surface area contributed by atoms with Gasteiger partial charge in [-0.25, -0.2) is 0 Å². The van der Waals surface area contributed by atoms with Crippen LogP contribution in [0.15, 0.2) is 0 Å². The Morgan fingerprint density at radius 2 is 2.23 bits per heavy atom. The van der Waals surface area contributed by atoms with Crippen LogP contribution in [0.25, 0.3) is 0 Å². The number of likely N-dealkylation sites (tertiary alicyclic amines) is 1. The van der Waals surface area contributed by atoms with Gasteiger partial charge in [0.1, 0.15) is 10.7 Å². The maximum atomic E-state index is 4.11. The van der Waals surface area contributed by atoms with Gasteiger partial charge < -0.3 is 5.32 Å². The molecule has 1 N–H and O–H groups in total. The smallest absolute Gasteiger partial charge is 0.134 e. The molecule has 0 atom stereocenters. The molecule has 0 aliphatic carbocycles. The minimum atomic E-state index is 0.951. The summed E-state index contributed by atoms with van der Waals surface area (Å²) in [7, 11) is 1.92. The van der Waals surface area contributed by atoms with E-state index >= 15 is 0 Å². The van der Waals surface area contributed by atoms with E-state index in [-0.39, 0.29) is 0 Å². The van der Waals surface area contributed by atoms with E-state index in [4.69, 9.17) is 0 Å². The number of rotatable bonds is 3. The predicted molar refractivity (Wildman–Crippen MR) is 54.0 cm³/mol. The topological polar surface area (TPSA) is 41.1 Å². The number of anilines is 1. The summed E-state index contributed by atoms with van der Waals surface area (Å²) in [5.74, 6) is 0. The van der Waals surface area contributed by atoms with E-state index in [1.807, 2.05) is 7.05 Å². The number of nitrogens with one attached hydrogen (secondary N) is 1. The first-order valence-electron chi connectivity index (χ1n) is 4.61. The summed E-state index contributed by atoms with van der Waals surface area (Å²) in [4.78, 5) is 2.43. The van der Waals surface area contributed by atoms with Gasteiger partial charge in [0.15, 0.2) is 0 Å². The van der Waals surface area contributed by atoms with Crippen molar-refractivity contribution in [2.45, 2.75) is 19.4 Å². The Balaban J connectivity index is 1.99. The molecule has 1 aromatic heterocycles. The third-order valence-electron chi connectivity index (χ3n) is 2.35. The zero-order chi connectivity index (χ0) is 9.10. The first kappa shape index (κ1) is 8.90. The predicted octanol–water partition coefficient (Wildman–Crippen LogP) is 1.18. The Morgan fingerprint density at radius 1 is 1.46 bits per heavy atom. The van der Waals surface area contributed by atoms with Gasteiger partial charge in [-0.2, -0.15) is 0 Å². The second-order valence-corrected chi connectivity index (χ2v) is 4.04. The van der Waals surface area contributed by atoms with Gasteiger partial charge in [-0.1, -0.05) is 4.49 Å². The average Bonchev–Trinajstić information content (AvgIpc) is 2.76. The van der Waals surface area contributed by atoms with Crippen molar-refractivity contribution in [1.29, 1.82) is 0 Å². The van der Waals surface area contributed by atoms with Gasteiger partial charge in [-0.15, -0.1) is 5.10 Å². The molecule has 0 amide bonds. The molecule has 1 aliphatic heterocycles. The number of hydrogen-bond donors (Lipinski definition) is 1. The second kappa shape index (κ2) is 4.02. The first-order valence-corrected chi connectivity index (χ1v) is 5.39. The molecule has 0 aromatic carbocycles. The van der Waals surface area contributed by atoms with Crippen molar-refractivity contribution in [3.63, 3.8) is 0 Å². The Morgan fingerprint density at radius 3 is 2.92 bits per heavy atom. The molecule has 2 rings (SSSR count). The van der Waals surface area contributed by atoms with Crippen molar-refractivity contribution in [3.8, 4) is 0 Å². The SMILES string of the molecule is CNc1snnc1CN1CCCC1. The van der Waals surface area contributed by atoms with Crippen LogP contribution >= 0.6 is 11.5 Å². The summed E-state index contributed by atoms with van der Waals surface area (Å²) < 4.78 is 3.94. The van der Waals surface area contributed by atoms with Gasteiger partial charge in [0.05, 0.1) is 0 Å². The van der Waals surface area contributed by atoms with Crippen LogP contribution in [-0.4, -0.2) is 34.6 Å². The lowest BCUT2D eigenvalue weighted by Gasteiger charge is -2.12. The molecule has 0 saturated carbocycles. The van der Waals surface area contributed by atoms with E-state index in [2.05, 4.69) is 19.8 Å². The van der Waals surface area contributed by atoms with Crippen LogP contribution in [0.1, 0.15) is 18.5 Å². The highest BCUT2D eigenvalue weighted by Crippen LogP contribution is 2.20. The Bertz CT molecular complexity index is 267. The van der Waals surface area contributed by atoms with Gasteiger partial charge in [-0.05, 0) is 25.9 Å². The molecular weight excluding hydrogens is 184 g/mol. The molecule has 0 radical (unpaired) electrons. The lowest BCUT2D eigenvalue weighted by molar-refractivity contribution is 0.327. The molecule has 1 saturated heterocycles. The highest BCUT2D eigenvalue weighted by atomic mass is 32.1. The number of hydrogen-bond acceptors (Lipinski definition) is 5. The molecule has 0 spiro atoms. The van der Waals surface area contributed by atoms with Crippen molar-refractivity contribution in [3.05, 3.63) is 5.69 Å². The normalized spacial score (nSPS) is 17.9. The molecule has 1 fully saturated rings. The van der Waals surface area contributed by atoms with E-state index < -0.39 is 0 Å². The van der Waals surface area contributed by atoms with Crippen LogP contribution in [0, 0.1) is 0 Å². The van der Waals surface area contributed by atoms with Crippen molar-refractivity contribution >= 4 is 16.5 Å². The van der Waals surface area contributed by atoms with E-state index in [0.717, 1.165) is 17.2 Å². The maximum absolute atomic E-state index is 4.11. The molecule has 2 heterocycles. The molecule has 4 nitrogen and oxygen atoms in total. The highest BCUT2D eigenvalue weighted by Gasteiger charge is 2.15. The van der Waals surface area contributed by atoms with E-state index in [1.54, 1.807) is 0 Å². The zero-order valence-electron chi connectivity index (χ0n) is 7.79. The molecule has 13 heavy (non-hydrogen) atoms. The second-order valence-electron chi connectivity index (χ2n) is 3.28. The summed E-state index contributed by atoms with van der Waals surface area (Å²) >= 11 is 1.43. The standard InChI is InChI=1S/C8H14N4S/c1-9-8-7(10-11-13-8)6-12-4-2-3-5-12/h9H,2-6H2,1H3. The number of nitrogens with zero attached hydrogens (tertiary/aromatic N) is 3. The van der Waals surface area contributed by atoms with E-state index in [9.17, 15) is 0 Å². The summed E-state index contributed by atoms with van der Waals surface area (Å²) in [6, 6.07) is 0. The van der Waals surface area contributed by atoms with Crippen molar-refractivity contribution in [2.75, 3.05) is 25.5 Å². The van der Waals surface area contributed by atoms with Crippen molar-refractivity contribution < 1.29 is 0 Å².